The Kier molecular flexibility index (Phi) is 3.26. The highest BCUT2D eigenvalue weighted by atomic mass is 16.3. The Bertz CT molecular complexity index is 611. The second kappa shape index (κ2) is 5.08. The SMILES string of the molecule is CC(c1ccccc1O)N1CCN(C)c2ccccc21. The molecule has 0 fully saturated rings. The van der Waals surface area contributed by atoms with Crippen molar-refractivity contribution in [1.82, 2.24) is 0 Å². The zero-order valence-corrected chi connectivity index (χ0v) is 12.0. The van der Waals surface area contributed by atoms with Crippen LogP contribution in [0.25, 0.3) is 0 Å². The minimum absolute atomic E-state index is 0.158. The first-order chi connectivity index (χ1) is 9.68. The van der Waals surface area contributed by atoms with E-state index in [2.05, 4.69) is 48.0 Å². The van der Waals surface area contributed by atoms with E-state index in [0.717, 1.165) is 18.7 Å². The summed E-state index contributed by atoms with van der Waals surface area (Å²) in [6.45, 7) is 4.11. The summed E-state index contributed by atoms with van der Waals surface area (Å²) < 4.78 is 0. The van der Waals surface area contributed by atoms with Crippen molar-refractivity contribution < 1.29 is 5.11 Å². The summed E-state index contributed by atoms with van der Waals surface area (Å²) in [4.78, 5) is 4.65. The molecular weight excluding hydrogens is 248 g/mol. The maximum Gasteiger partial charge on any atom is 0.120 e. The quantitative estimate of drug-likeness (QED) is 0.904. The van der Waals surface area contributed by atoms with Crippen LogP contribution in [-0.4, -0.2) is 25.2 Å². The zero-order valence-electron chi connectivity index (χ0n) is 12.0. The van der Waals surface area contributed by atoms with Gasteiger partial charge in [-0.05, 0) is 25.1 Å². The molecule has 0 aromatic heterocycles. The maximum atomic E-state index is 10.1. The first kappa shape index (κ1) is 12.9. The molecule has 3 heteroatoms. The van der Waals surface area contributed by atoms with Gasteiger partial charge < -0.3 is 14.9 Å². The number of aromatic hydroxyl groups is 1. The van der Waals surface area contributed by atoms with Crippen LogP contribution >= 0.6 is 0 Å². The van der Waals surface area contributed by atoms with Crippen LogP contribution in [-0.2, 0) is 0 Å². The molecule has 1 aliphatic rings. The van der Waals surface area contributed by atoms with Crippen LogP contribution in [0.4, 0.5) is 11.4 Å². The van der Waals surface area contributed by atoms with Gasteiger partial charge in [0.15, 0.2) is 0 Å². The summed E-state index contributed by atoms with van der Waals surface area (Å²) in [5.74, 6) is 0.372. The topological polar surface area (TPSA) is 26.7 Å². The lowest BCUT2D eigenvalue weighted by Crippen LogP contribution is -2.40. The third-order valence-electron chi connectivity index (χ3n) is 4.13. The maximum absolute atomic E-state index is 10.1. The average Bonchev–Trinajstić information content (AvgIpc) is 2.48. The van der Waals surface area contributed by atoms with Gasteiger partial charge in [0, 0.05) is 25.7 Å². The summed E-state index contributed by atoms with van der Waals surface area (Å²) in [6, 6.07) is 16.2. The molecule has 0 amide bonds. The number of nitrogens with zero attached hydrogens (tertiary/aromatic N) is 2. The van der Waals surface area contributed by atoms with Gasteiger partial charge >= 0.3 is 0 Å². The summed E-state index contributed by atoms with van der Waals surface area (Å²) in [7, 11) is 2.13. The Morgan fingerprint density at radius 3 is 2.35 bits per heavy atom. The van der Waals surface area contributed by atoms with Crippen LogP contribution in [0, 0.1) is 0 Å². The fraction of sp³-hybridized carbons (Fsp3) is 0.294. The van der Waals surface area contributed by atoms with Crippen LogP contribution in [0.1, 0.15) is 18.5 Å². The fourth-order valence-corrected chi connectivity index (χ4v) is 2.94. The fourth-order valence-electron chi connectivity index (χ4n) is 2.94. The van der Waals surface area contributed by atoms with Gasteiger partial charge in [-0.25, -0.2) is 0 Å². The molecule has 20 heavy (non-hydrogen) atoms. The standard InChI is InChI=1S/C17H20N2O/c1-13(14-7-3-6-10-17(14)20)19-12-11-18(2)15-8-4-5-9-16(15)19/h3-10,13,20H,11-12H2,1-2H3. The number of phenolic OH excluding ortho intramolecular Hbond substituents is 1. The normalized spacial score (nSPS) is 15.9. The van der Waals surface area contributed by atoms with Crippen LogP contribution in [0.15, 0.2) is 48.5 Å². The number of fused-ring (bicyclic) bond motifs is 1. The van der Waals surface area contributed by atoms with E-state index in [4.69, 9.17) is 0 Å². The number of rotatable bonds is 2. The first-order valence-electron chi connectivity index (χ1n) is 7.03. The molecule has 3 nitrogen and oxygen atoms in total. The predicted octanol–water partition coefficient (Wildman–Crippen LogP) is 3.41. The van der Waals surface area contributed by atoms with Gasteiger partial charge in [-0.3, -0.25) is 0 Å². The number of benzene rings is 2. The second-order valence-electron chi connectivity index (χ2n) is 5.34. The van der Waals surface area contributed by atoms with Crippen molar-refractivity contribution in [1.29, 1.82) is 0 Å². The van der Waals surface area contributed by atoms with E-state index in [9.17, 15) is 5.11 Å². The minimum atomic E-state index is 0.158. The molecule has 0 bridgehead atoms. The lowest BCUT2D eigenvalue weighted by molar-refractivity contribution is 0.460. The number of hydrogen-bond donors (Lipinski definition) is 1. The van der Waals surface area contributed by atoms with Gasteiger partial charge in [-0.15, -0.1) is 0 Å². The summed E-state index contributed by atoms with van der Waals surface area (Å²) in [5, 5.41) is 10.1. The molecule has 0 aliphatic carbocycles. The molecule has 3 rings (SSSR count). The molecule has 2 aromatic rings. The van der Waals surface area contributed by atoms with E-state index < -0.39 is 0 Å². The van der Waals surface area contributed by atoms with Gasteiger partial charge in [0.2, 0.25) is 0 Å². The number of phenols is 1. The first-order valence-corrected chi connectivity index (χ1v) is 7.03. The smallest absolute Gasteiger partial charge is 0.120 e. The average molecular weight is 268 g/mol. The summed E-state index contributed by atoms with van der Waals surface area (Å²) >= 11 is 0. The lowest BCUT2D eigenvalue weighted by atomic mass is 10.0. The zero-order chi connectivity index (χ0) is 14.1. The van der Waals surface area contributed by atoms with Gasteiger partial charge in [0.25, 0.3) is 0 Å². The van der Waals surface area contributed by atoms with Crippen molar-refractivity contribution in [3.05, 3.63) is 54.1 Å². The monoisotopic (exact) mass is 268 g/mol. The van der Waals surface area contributed by atoms with Crippen molar-refractivity contribution in [2.75, 3.05) is 29.9 Å². The highest BCUT2D eigenvalue weighted by Gasteiger charge is 2.25. The van der Waals surface area contributed by atoms with Crippen LogP contribution in [0.3, 0.4) is 0 Å². The van der Waals surface area contributed by atoms with E-state index in [1.54, 1.807) is 6.07 Å². The molecule has 1 N–H and O–H groups in total. The second-order valence-corrected chi connectivity index (χ2v) is 5.34. The molecule has 0 saturated carbocycles. The summed E-state index contributed by atoms with van der Waals surface area (Å²) in [5.41, 5.74) is 3.46. The predicted molar refractivity (Wildman–Crippen MR) is 83.6 cm³/mol. The Morgan fingerprint density at radius 2 is 1.60 bits per heavy atom. The van der Waals surface area contributed by atoms with Crippen molar-refractivity contribution in [2.45, 2.75) is 13.0 Å². The van der Waals surface area contributed by atoms with Gasteiger partial charge in [-0.2, -0.15) is 0 Å². The summed E-state index contributed by atoms with van der Waals surface area (Å²) in [6.07, 6.45) is 0. The van der Waals surface area contributed by atoms with E-state index >= 15 is 0 Å². The van der Waals surface area contributed by atoms with Gasteiger partial charge in [0.05, 0.1) is 17.4 Å². The number of likely N-dealkylation sites (N-methyl/N-ethyl adjacent to an activating group) is 1. The van der Waals surface area contributed by atoms with Crippen LogP contribution in [0.5, 0.6) is 5.75 Å². The molecule has 1 unspecified atom stereocenters. The van der Waals surface area contributed by atoms with Crippen LogP contribution < -0.4 is 9.80 Å². The Morgan fingerprint density at radius 1 is 0.950 bits per heavy atom. The highest BCUT2D eigenvalue weighted by molar-refractivity contribution is 5.73. The largest absolute Gasteiger partial charge is 0.508 e. The molecule has 0 saturated heterocycles. The third kappa shape index (κ3) is 2.09. The Labute approximate surface area is 120 Å². The van der Waals surface area contributed by atoms with Crippen LogP contribution in [0.2, 0.25) is 0 Å². The molecule has 1 atom stereocenters. The molecule has 2 aromatic carbocycles. The van der Waals surface area contributed by atoms with E-state index in [0.29, 0.717) is 5.75 Å². The van der Waals surface area contributed by atoms with Crippen molar-refractivity contribution in [3.63, 3.8) is 0 Å². The number of hydrogen-bond acceptors (Lipinski definition) is 3. The molecule has 1 heterocycles. The van der Waals surface area contributed by atoms with Gasteiger partial charge in [0.1, 0.15) is 5.75 Å². The van der Waals surface area contributed by atoms with E-state index in [1.165, 1.54) is 11.4 Å². The number of anilines is 2. The highest BCUT2D eigenvalue weighted by Crippen LogP contribution is 2.38. The third-order valence-corrected chi connectivity index (χ3v) is 4.13. The number of para-hydroxylation sites is 3. The van der Waals surface area contributed by atoms with Crippen molar-refractivity contribution >= 4 is 11.4 Å². The van der Waals surface area contributed by atoms with Gasteiger partial charge in [-0.1, -0.05) is 30.3 Å². The van der Waals surface area contributed by atoms with E-state index in [-0.39, 0.29) is 6.04 Å². The van der Waals surface area contributed by atoms with Crippen molar-refractivity contribution in [3.8, 4) is 5.75 Å². The van der Waals surface area contributed by atoms with E-state index in [1.807, 2.05) is 18.2 Å². The Hall–Kier alpha value is -2.16. The lowest BCUT2D eigenvalue weighted by Gasteiger charge is -2.40. The molecular formula is C17H20N2O. The minimum Gasteiger partial charge on any atom is -0.508 e. The van der Waals surface area contributed by atoms with Crippen molar-refractivity contribution in [2.24, 2.45) is 0 Å². The molecule has 104 valence electrons. The Balaban J connectivity index is 2.00. The molecule has 0 radical (unpaired) electrons. The molecule has 1 aliphatic heterocycles. The molecule has 0 spiro atoms.